The Bertz CT molecular complexity index is 1730. The lowest BCUT2D eigenvalue weighted by molar-refractivity contribution is -0.378. The van der Waals surface area contributed by atoms with Gasteiger partial charge >= 0.3 is 0 Å². The second-order valence-corrected chi connectivity index (χ2v) is 23.4. The minimum Gasteiger partial charge on any atom is -0.394 e. The molecule has 4 aliphatic carbocycles. The number of ether oxygens (including phenoxy) is 6. The molecular weight excluding hydrogens is 897 g/mol. The lowest BCUT2D eigenvalue weighted by atomic mass is 9.35. The van der Waals surface area contributed by atoms with Gasteiger partial charge in [-0.15, -0.1) is 0 Å². The van der Waals surface area contributed by atoms with E-state index in [4.69, 9.17) is 28.4 Å². The molecule has 394 valence electrons. The van der Waals surface area contributed by atoms with Gasteiger partial charge in [-0.2, -0.15) is 0 Å². The Morgan fingerprint density at radius 1 is 0.588 bits per heavy atom. The molecule has 0 unspecified atom stereocenters. The highest BCUT2D eigenvalue weighted by molar-refractivity contribution is 5.21. The van der Waals surface area contributed by atoms with Crippen molar-refractivity contribution in [2.75, 3.05) is 19.8 Å². The van der Waals surface area contributed by atoms with Crippen molar-refractivity contribution < 1.29 is 99.8 Å². The van der Waals surface area contributed by atoms with Crippen molar-refractivity contribution in [2.45, 2.75) is 222 Å². The summed E-state index contributed by atoms with van der Waals surface area (Å²) < 4.78 is 37.1. The third-order valence-corrected chi connectivity index (χ3v) is 18.9. The average Bonchev–Trinajstić information content (AvgIpc) is 3.68. The van der Waals surface area contributed by atoms with Gasteiger partial charge in [0.25, 0.3) is 0 Å². The molecule has 0 aromatic heterocycles. The molecule has 20 heteroatoms. The summed E-state index contributed by atoms with van der Waals surface area (Å²) in [5.74, 6) is -0.483. The molecule has 0 spiro atoms. The minimum atomic E-state index is -1.81. The molecule has 0 bridgehead atoms. The second kappa shape index (κ2) is 20.0. The summed E-state index contributed by atoms with van der Waals surface area (Å²) in [6.07, 6.45) is -16.0. The van der Waals surface area contributed by atoms with Crippen LogP contribution in [-0.2, 0) is 33.3 Å². The standard InChI is InChI=1S/C48H82O20/c1-43(2,68-61)13-9-14-48(8,67-41-38(60)35(57)32(54)25(20-50)63-41)22-10-16-47(7)30(22)23(52)18-28-45(5)15-12-29(44(3,4)27(45)11-17-46(28,47)6)65-42-39(36(58)33(55)26(21-51)64-42)66-40-37(59)34(56)31(53)24(19-49)62-40/h9,13,22-42,49-61H,10-12,14-21H2,1-8H3/t22-,23+,24+,25+,26+,27-,28+,29-,30-,31+,32+,33+,34-,35-,36-,37+,38+,39+,40-,41-,42-,45-,46+,47+,48-/m0/s1. The second-order valence-electron chi connectivity index (χ2n) is 23.4. The van der Waals surface area contributed by atoms with Crippen molar-refractivity contribution in [2.24, 2.45) is 45.3 Å². The molecule has 7 fully saturated rings. The lowest BCUT2D eigenvalue weighted by Crippen LogP contribution is -2.68. The van der Waals surface area contributed by atoms with Gasteiger partial charge in [0.15, 0.2) is 18.9 Å². The van der Waals surface area contributed by atoms with Gasteiger partial charge in [0.1, 0.15) is 78.8 Å². The summed E-state index contributed by atoms with van der Waals surface area (Å²) in [6.45, 7) is 14.5. The predicted molar refractivity (Wildman–Crippen MR) is 236 cm³/mol. The van der Waals surface area contributed by atoms with Crippen LogP contribution < -0.4 is 0 Å². The van der Waals surface area contributed by atoms with Crippen LogP contribution in [0.4, 0.5) is 0 Å². The van der Waals surface area contributed by atoms with Gasteiger partial charge < -0.3 is 89.7 Å². The largest absolute Gasteiger partial charge is 0.394 e. The van der Waals surface area contributed by atoms with Gasteiger partial charge in [-0.25, -0.2) is 4.89 Å². The summed E-state index contributed by atoms with van der Waals surface area (Å²) in [5.41, 5.74) is -3.73. The smallest absolute Gasteiger partial charge is 0.187 e. The Kier molecular flexibility index (Phi) is 16.1. The van der Waals surface area contributed by atoms with Gasteiger partial charge in [-0.1, -0.05) is 46.8 Å². The SMILES string of the molecule is CC(C)(C=CC[C@](C)(O[C@@H]1O[C@H](CO)[C@@H](O)[C@H](O)[C@H]1O)[C@H]1CC[C@]2(C)[C@@H]1[C@H](O)C[C@@H]1[C@@]3(C)CC[C@H](O[C@@H]4O[C@H](CO)[C@@H](O)[C@H](O)[C@H]4O[C@@H]4O[C@H](CO)[C@@H](O)[C@H](O)[C@H]4O)C(C)(C)[C@@H]3CC[C@]12C)OO. The highest BCUT2D eigenvalue weighted by Crippen LogP contribution is 2.76. The molecule has 7 aliphatic rings. The number of rotatable bonds is 14. The molecular formula is C48H82O20. The molecule has 4 saturated carbocycles. The minimum absolute atomic E-state index is 0.0490. The molecule has 7 rings (SSSR count). The normalized spacial score (nSPS) is 51.7. The first-order valence-corrected chi connectivity index (χ1v) is 24.6. The average molecular weight is 979 g/mol. The van der Waals surface area contributed by atoms with E-state index in [1.54, 1.807) is 19.9 Å². The molecule has 0 aromatic carbocycles. The quantitative estimate of drug-likeness (QED) is 0.0449. The fourth-order valence-electron chi connectivity index (χ4n) is 14.8. The first kappa shape index (κ1) is 54.7. The molecule has 3 heterocycles. The van der Waals surface area contributed by atoms with Gasteiger partial charge in [0.05, 0.1) is 37.6 Å². The van der Waals surface area contributed by atoms with E-state index in [-0.39, 0.29) is 40.9 Å². The summed E-state index contributed by atoms with van der Waals surface area (Å²) >= 11 is 0. The Labute approximate surface area is 398 Å². The van der Waals surface area contributed by atoms with E-state index in [1.807, 2.05) is 13.0 Å². The summed E-state index contributed by atoms with van der Waals surface area (Å²) in [5, 5.41) is 139. The van der Waals surface area contributed by atoms with Crippen LogP contribution >= 0.6 is 0 Å². The number of aliphatic hydroxyl groups excluding tert-OH is 12. The van der Waals surface area contributed by atoms with Gasteiger partial charge in [0.2, 0.25) is 0 Å². The third kappa shape index (κ3) is 9.19. The lowest BCUT2D eigenvalue weighted by Gasteiger charge is -2.71. The predicted octanol–water partition coefficient (Wildman–Crippen LogP) is -0.559. The van der Waals surface area contributed by atoms with Crippen molar-refractivity contribution in [1.29, 1.82) is 0 Å². The van der Waals surface area contributed by atoms with Crippen LogP contribution in [0.2, 0.25) is 0 Å². The van der Waals surface area contributed by atoms with Crippen molar-refractivity contribution in [3.63, 3.8) is 0 Å². The van der Waals surface area contributed by atoms with Crippen LogP contribution in [0.5, 0.6) is 0 Å². The molecule has 0 amide bonds. The maximum atomic E-state index is 12.7. The van der Waals surface area contributed by atoms with Crippen LogP contribution in [-0.4, -0.2) is 202 Å². The Hall–Kier alpha value is -1.06. The number of fused-ring (bicyclic) bond motifs is 5. The van der Waals surface area contributed by atoms with Crippen LogP contribution in [0.25, 0.3) is 0 Å². The van der Waals surface area contributed by atoms with Crippen LogP contribution in [0.15, 0.2) is 12.2 Å². The molecule has 13 N–H and O–H groups in total. The summed E-state index contributed by atoms with van der Waals surface area (Å²) in [4.78, 5) is 4.67. The van der Waals surface area contributed by atoms with Gasteiger partial charge in [0, 0.05) is 0 Å². The van der Waals surface area contributed by atoms with Gasteiger partial charge in [-0.05, 0) is 117 Å². The fourth-order valence-corrected chi connectivity index (χ4v) is 14.8. The van der Waals surface area contributed by atoms with E-state index in [1.165, 1.54) is 0 Å². The monoisotopic (exact) mass is 979 g/mol. The molecule has 25 atom stereocenters. The number of hydrogen-bond donors (Lipinski definition) is 13. The highest BCUT2D eigenvalue weighted by Gasteiger charge is 2.72. The number of hydrogen-bond acceptors (Lipinski definition) is 20. The fraction of sp³-hybridized carbons (Fsp3) is 0.958. The maximum Gasteiger partial charge on any atom is 0.187 e. The highest BCUT2D eigenvalue weighted by atomic mass is 17.1. The zero-order valence-electron chi connectivity index (χ0n) is 40.7. The molecule has 3 saturated heterocycles. The first-order chi connectivity index (χ1) is 31.7. The summed E-state index contributed by atoms with van der Waals surface area (Å²) in [7, 11) is 0. The Morgan fingerprint density at radius 2 is 1.12 bits per heavy atom. The Morgan fingerprint density at radius 3 is 1.69 bits per heavy atom. The Balaban J connectivity index is 1.14. The van der Waals surface area contributed by atoms with E-state index in [0.29, 0.717) is 25.7 Å². The summed E-state index contributed by atoms with van der Waals surface area (Å²) in [6, 6.07) is 0. The van der Waals surface area contributed by atoms with Crippen molar-refractivity contribution in [3.8, 4) is 0 Å². The molecule has 3 aliphatic heterocycles. The zero-order chi connectivity index (χ0) is 50.3. The van der Waals surface area contributed by atoms with Crippen molar-refractivity contribution in [1.82, 2.24) is 0 Å². The zero-order valence-corrected chi connectivity index (χ0v) is 40.7. The van der Waals surface area contributed by atoms with E-state index in [9.17, 15) is 66.5 Å². The maximum absolute atomic E-state index is 12.7. The molecule has 20 nitrogen and oxygen atoms in total. The topological polar surface area (TPSA) is 328 Å². The van der Waals surface area contributed by atoms with E-state index in [2.05, 4.69) is 39.5 Å². The van der Waals surface area contributed by atoms with E-state index < -0.39 is 146 Å². The van der Waals surface area contributed by atoms with Crippen LogP contribution in [0, 0.1) is 45.3 Å². The van der Waals surface area contributed by atoms with Crippen molar-refractivity contribution >= 4 is 0 Å². The molecule has 68 heavy (non-hydrogen) atoms. The van der Waals surface area contributed by atoms with Crippen molar-refractivity contribution in [3.05, 3.63) is 12.2 Å². The first-order valence-electron chi connectivity index (χ1n) is 24.6. The van der Waals surface area contributed by atoms with Gasteiger partial charge in [-0.3, -0.25) is 5.26 Å². The van der Waals surface area contributed by atoms with Crippen LogP contribution in [0.1, 0.15) is 107 Å². The van der Waals surface area contributed by atoms with Crippen LogP contribution in [0.3, 0.4) is 0 Å². The number of aliphatic hydroxyl groups is 12. The van der Waals surface area contributed by atoms with E-state index >= 15 is 0 Å². The molecule has 0 radical (unpaired) electrons. The molecule has 0 aromatic rings. The van der Waals surface area contributed by atoms with E-state index in [0.717, 1.165) is 19.3 Å². The third-order valence-electron chi connectivity index (χ3n) is 18.9.